The van der Waals surface area contributed by atoms with E-state index in [-0.39, 0.29) is 0 Å². The SMILES string of the molecule is COc1cccc(CSc2ncnc3sc4c(c23)CCCC4)c1. The van der Waals surface area contributed by atoms with Gasteiger partial charge in [-0.1, -0.05) is 12.1 Å². The average molecular weight is 342 g/mol. The van der Waals surface area contributed by atoms with Gasteiger partial charge >= 0.3 is 0 Å². The van der Waals surface area contributed by atoms with Gasteiger partial charge < -0.3 is 4.74 Å². The number of rotatable bonds is 4. The number of aromatic nitrogens is 2. The van der Waals surface area contributed by atoms with Crippen LogP contribution >= 0.6 is 23.1 Å². The first-order valence-corrected chi connectivity index (χ1v) is 9.66. The molecule has 0 saturated heterocycles. The van der Waals surface area contributed by atoms with Gasteiger partial charge in [-0.15, -0.1) is 23.1 Å². The van der Waals surface area contributed by atoms with Gasteiger partial charge in [0.25, 0.3) is 0 Å². The van der Waals surface area contributed by atoms with E-state index in [0.717, 1.165) is 21.4 Å². The Kier molecular flexibility index (Phi) is 4.23. The Morgan fingerprint density at radius 2 is 2.13 bits per heavy atom. The number of thioether (sulfide) groups is 1. The second-order valence-electron chi connectivity index (χ2n) is 5.71. The summed E-state index contributed by atoms with van der Waals surface area (Å²) in [6.07, 6.45) is 6.68. The van der Waals surface area contributed by atoms with Gasteiger partial charge in [-0.05, 0) is 48.9 Å². The van der Waals surface area contributed by atoms with Crippen molar-refractivity contribution in [3.05, 3.63) is 46.6 Å². The van der Waals surface area contributed by atoms with Gasteiger partial charge in [0.2, 0.25) is 0 Å². The Bertz CT molecular complexity index is 844. The number of aryl methyl sites for hydroxylation is 2. The highest BCUT2D eigenvalue weighted by Gasteiger charge is 2.19. The minimum Gasteiger partial charge on any atom is -0.497 e. The smallest absolute Gasteiger partial charge is 0.128 e. The van der Waals surface area contributed by atoms with Crippen molar-refractivity contribution in [1.82, 2.24) is 9.97 Å². The first-order chi connectivity index (χ1) is 11.3. The topological polar surface area (TPSA) is 35.0 Å². The molecule has 3 nitrogen and oxygen atoms in total. The van der Waals surface area contributed by atoms with E-state index in [4.69, 9.17) is 4.74 Å². The van der Waals surface area contributed by atoms with Crippen LogP contribution in [0.1, 0.15) is 28.8 Å². The van der Waals surface area contributed by atoms with E-state index >= 15 is 0 Å². The largest absolute Gasteiger partial charge is 0.497 e. The van der Waals surface area contributed by atoms with E-state index in [2.05, 4.69) is 22.1 Å². The molecule has 0 bridgehead atoms. The molecule has 0 radical (unpaired) electrons. The lowest BCUT2D eigenvalue weighted by Crippen LogP contribution is -1.99. The summed E-state index contributed by atoms with van der Waals surface area (Å²) in [6, 6.07) is 8.24. The van der Waals surface area contributed by atoms with Crippen molar-refractivity contribution in [3.8, 4) is 5.75 Å². The number of thiophene rings is 1. The van der Waals surface area contributed by atoms with Gasteiger partial charge in [0, 0.05) is 16.0 Å². The molecule has 0 unspecified atom stereocenters. The average Bonchev–Trinajstić information content (AvgIpc) is 2.99. The van der Waals surface area contributed by atoms with Crippen molar-refractivity contribution in [3.63, 3.8) is 0 Å². The van der Waals surface area contributed by atoms with Crippen LogP contribution < -0.4 is 4.74 Å². The van der Waals surface area contributed by atoms with Crippen LogP contribution in [0.4, 0.5) is 0 Å². The molecule has 0 atom stereocenters. The molecule has 118 valence electrons. The third-order valence-corrected chi connectivity index (χ3v) is 6.49. The normalized spacial score (nSPS) is 14.0. The lowest BCUT2D eigenvalue weighted by Gasteiger charge is -2.11. The Morgan fingerprint density at radius 1 is 1.22 bits per heavy atom. The molecule has 3 aromatic rings. The second kappa shape index (κ2) is 6.49. The van der Waals surface area contributed by atoms with Crippen LogP contribution in [0.15, 0.2) is 35.6 Å². The number of benzene rings is 1. The van der Waals surface area contributed by atoms with Crippen LogP contribution in [-0.2, 0) is 18.6 Å². The summed E-state index contributed by atoms with van der Waals surface area (Å²) >= 11 is 3.66. The summed E-state index contributed by atoms with van der Waals surface area (Å²) in [7, 11) is 1.71. The molecule has 0 aliphatic heterocycles. The van der Waals surface area contributed by atoms with Crippen LogP contribution in [0.5, 0.6) is 5.75 Å². The van der Waals surface area contributed by atoms with Gasteiger partial charge in [0.05, 0.1) is 7.11 Å². The van der Waals surface area contributed by atoms with Crippen LogP contribution in [-0.4, -0.2) is 17.1 Å². The lowest BCUT2D eigenvalue weighted by atomic mass is 9.97. The van der Waals surface area contributed by atoms with E-state index in [1.807, 2.05) is 23.5 Å². The summed E-state index contributed by atoms with van der Waals surface area (Å²) in [5.74, 6) is 1.80. The third-order valence-electron chi connectivity index (χ3n) is 4.23. The highest BCUT2D eigenvalue weighted by Crippen LogP contribution is 2.39. The zero-order valence-electron chi connectivity index (χ0n) is 13.0. The van der Waals surface area contributed by atoms with Gasteiger partial charge in [0.15, 0.2) is 0 Å². The molecule has 2 aromatic heterocycles. The van der Waals surface area contributed by atoms with Gasteiger partial charge in [0.1, 0.15) is 21.9 Å². The summed E-state index contributed by atoms with van der Waals surface area (Å²) in [4.78, 5) is 11.8. The molecule has 1 aromatic carbocycles. The van der Waals surface area contributed by atoms with Crippen molar-refractivity contribution in [2.75, 3.05) is 7.11 Å². The van der Waals surface area contributed by atoms with Crippen molar-refractivity contribution < 1.29 is 4.74 Å². The first-order valence-electron chi connectivity index (χ1n) is 7.86. The molecule has 1 aliphatic carbocycles. The summed E-state index contributed by atoms with van der Waals surface area (Å²) < 4.78 is 5.31. The van der Waals surface area contributed by atoms with Crippen LogP contribution in [0.2, 0.25) is 0 Å². The molecule has 0 N–H and O–H groups in total. The minimum absolute atomic E-state index is 0.897. The number of hydrogen-bond acceptors (Lipinski definition) is 5. The number of methoxy groups -OCH3 is 1. The number of nitrogens with zero attached hydrogens (tertiary/aromatic N) is 2. The quantitative estimate of drug-likeness (QED) is 0.500. The Morgan fingerprint density at radius 3 is 3.04 bits per heavy atom. The molecule has 4 rings (SSSR count). The van der Waals surface area contributed by atoms with Crippen molar-refractivity contribution in [2.24, 2.45) is 0 Å². The number of fused-ring (bicyclic) bond motifs is 3. The molecular weight excluding hydrogens is 324 g/mol. The van der Waals surface area contributed by atoms with Crippen LogP contribution in [0.3, 0.4) is 0 Å². The Balaban J connectivity index is 1.65. The van der Waals surface area contributed by atoms with E-state index < -0.39 is 0 Å². The molecule has 2 heterocycles. The van der Waals surface area contributed by atoms with Crippen LogP contribution in [0.25, 0.3) is 10.2 Å². The summed E-state index contributed by atoms with van der Waals surface area (Å²) in [5, 5.41) is 2.43. The zero-order valence-corrected chi connectivity index (χ0v) is 14.7. The molecule has 1 aliphatic rings. The molecule has 0 fully saturated rings. The lowest BCUT2D eigenvalue weighted by molar-refractivity contribution is 0.414. The molecule has 0 amide bonds. The van der Waals surface area contributed by atoms with Crippen LogP contribution in [0, 0.1) is 0 Å². The fourth-order valence-electron chi connectivity index (χ4n) is 3.08. The fraction of sp³-hybridized carbons (Fsp3) is 0.333. The highest BCUT2D eigenvalue weighted by molar-refractivity contribution is 7.98. The van der Waals surface area contributed by atoms with Gasteiger partial charge in [-0.2, -0.15) is 0 Å². The monoisotopic (exact) mass is 342 g/mol. The van der Waals surface area contributed by atoms with Crippen molar-refractivity contribution in [1.29, 1.82) is 0 Å². The highest BCUT2D eigenvalue weighted by atomic mass is 32.2. The summed E-state index contributed by atoms with van der Waals surface area (Å²) in [6.45, 7) is 0. The Labute approximate surface area is 144 Å². The predicted molar refractivity (Wildman–Crippen MR) is 96.6 cm³/mol. The minimum atomic E-state index is 0.897. The third kappa shape index (κ3) is 2.95. The van der Waals surface area contributed by atoms with E-state index in [1.165, 1.54) is 47.1 Å². The molecule has 0 spiro atoms. The van der Waals surface area contributed by atoms with Gasteiger partial charge in [-0.25, -0.2) is 9.97 Å². The molecule has 0 saturated carbocycles. The van der Waals surface area contributed by atoms with E-state index in [1.54, 1.807) is 25.2 Å². The Hall–Kier alpha value is -1.59. The zero-order chi connectivity index (χ0) is 15.6. The predicted octanol–water partition coefficient (Wildman–Crippen LogP) is 4.87. The second-order valence-corrected chi connectivity index (χ2v) is 7.76. The number of ether oxygens (including phenoxy) is 1. The maximum atomic E-state index is 5.31. The van der Waals surface area contributed by atoms with Crippen molar-refractivity contribution in [2.45, 2.75) is 36.5 Å². The standard InChI is InChI=1S/C18H18N2OS2/c1-21-13-6-4-5-12(9-13)10-22-17-16-14-7-2-3-8-15(14)23-18(16)20-11-19-17/h4-6,9,11H,2-3,7-8,10H2,1H3. The van der Waals surface area contributed by atoms with E-state index in [0.29, 0.717) is 0 Å². The van der Waals surface area contributed by atoms with Crippen molar-refractivity contribution >= 4 is 33.3 Å². The maximum absolute atomic E-state index is 5.31. The first kappa shape index (κ1) is 15.0. The van der Waals surface area contributed by atoms with Gasteiger partial charge in [-0.3, -0.25) is 0 Å². The van der Waals surface area contributed by atoms with E-state index in [9.17, 15) is 0 Å². The fourth-order valence-corrected chi connectivity index (χ4v) is 5.35. The molecule has 5 heteroatoms. The molecular formula is C18H18N2OS2. The molecule has 23 heavy (non-hydrogen) atoms. The summed E-state index contributed by atoms with van der Waals surface area (Å²) in [5.41, 5.74) is 2.76. The number of hydrogen-bond donors (Lipinski definition) is 0. The maximum Gasteiger partial charge on any atom is 0.128 e.